The fraction of sp³-hybridized carbons (Fsp3) is 0.364. The van der Waals surface area contributed by atoms with Gasteiger partial charge in [-0.3, -0.25) is 9.59 Å². The van der Waals surface area contributed by atoms with Crippen molar-refractivity contribution in [3.8, 4) is 11.4 Å². The first-order valence-corrected chi connectivity index (χ1v) is 10.6. The van der Waals surface area contributed by atoms with Crippen molar-refractivity contribution in [2.45, 2.75) is 19.8 Å². The standard InChI is InChI=1S/C22H23N7O3/c1-2-13-11-17(30)29(22(13)31)16-4-3-14(19(18(16)23)28-7-9-32-10-8-28)20-26-12-15-21(27-20)25-6-5-24-15/h3-6,12-13H,2,7-11,23H2,1H3. The smallest absolute Gasteiger partial charge is 0.237 e. The first-order chi connectivity index (χ1) is 15.6. The Hall–Kier alpha value is -3.66. The van der Waals surface area contributed by atoms with Crippen LogP contribution in [0.15, 0.2) is 30.7 Å². The number of amides is 2. The number of rotatable bonds is 4. The lowest BCUT2D eigenvalue weighted by atomic mass is 10.0. The van der Waals surface area contributed by atoms with Crippen molar-refractivity contribution in [3.63, 3.8) is 0 Å². The number of ether oxygens (including phenoxy) is 1. The number of hydrogen-bond donors (Lipinski definition) is 1. The highest BCUT2D eigenvalue weighted by atomic mass is 16.5. The van der Waals surface area contributed by atoms with Gasteiger partial charge in [0.2, 0.25) is 11.8 Å². The van der Waals surface area contributed by atoms with Gasteiger partial charge in [-0.1, -0.05) is 6.92 Å². The molecule has 2 N–H and O–H groups in total. The molecule has 0 aliphatic carbocycles. The van der Waals surface area contributed by atoms with E-state index in [1.54, 1.807) is 24.7 Å². The van der Waals surface area contributed by atoms with Gasteiger partial charge in [0.05, 0.1) is 36.5 Å². The third-order valence-corrected chi connectivity index (χ3v) is 5.96. The van der Waals surface area contributed by atoms with Gasteiger partial charge in [-0.2, -0.15) is 0 Å². The summed E-state index contributed by atoms with van der Waals surface area (Å²) in [5.74, 6) is -0.298. The molecule has 2 aromatic heterocycles. The van der Waals surface area contributed by atoms with Crippen molar-refractivity contribution in [2.75, 3.05) is 41.8 Å². The molecule has 0 saturated carbocycles. The Balaban J connectivity index is 1.66. The van der Waals surface area contributed by atoms with Crippen molar-refractivity contribution in [3.05, 3.63) is 30.7 Å². The molecule has 1 atom stereocenters. The molecule has 164 valence electrons. The summed E-state index contributed by atoms with van der Waals surface area (Å²) in [4.78, 5) is 46.4. The molecule has 2 aliphatic rings. The molecule has 10 heteroatoms. The summed E-state index contributed by atoms with van der Waals surface area (Å²) >= 11 is 0. The minimum Gasteiger partial charge on any atom is -0.395 e. The Morgan fingerprint density at radius 3 is 2.66 bits per heavy atom. The molecule has 0 spiro atoms. The van der Waals surface area contributed by atoms with E-state index in [1.165, 1.54) is 4.90 Å². The van der Waals surface area contributed by atoms with Crippen LogP contribution in [0.3, 0.4) is 0 Å². The monoisotopic (exact) mass is 433 g/mol. The topological polar surface area (TPSA) is 127 Å². The minimum absolute atomic E-state index is 0.204. The van der Waals surface area contributed by atoms with Crippen LogP contribution in [0, 0.1) is 5.92 Å². The molecule has 2 amide bonds. The number of benzene rings is 1. The zero-order chi connectivity index (χ0) is 22.2. The minimum atomic E-state index is -0.309. The van der Waals surface area contributed by atoms with Gasteiger partial charge in [0, 0.05) is 43.4 Å². The van der Waals surface area contributed by atoms with Crippen LogP contribution in [-0.4, -0.2) is 58.1 Å². The Morgan fingerprint density at radius 1 is 1.12 bits per heavy atom. The van der Waals surface area contributed by atoms with Gasteiger partial charge in [0.25, 0.3) is 0 Å². The molecular weight excluding hydrogens is 410 g/mol. The van der Waals surface area contributed by atoms with E-state index < -0.39 is 0 Å². The average molecular weight is 433 g/mol. The lowest BCUT2D eigenvalue weighted by Gasteiger charge is -2.32. The molecule has 10 nitrogen and oxygen atoms in total. The molecule has 1 aromatic carbocycles. The summed E-state index contributed by atoms with van der Waals surface area (Å²) in [7, 11) is 0. The first kappa shape index (κ1) is 20.3. The highest BCUT2D eigenvalue weighted by Gasteiger charge is 2.40. The van der Waals surface area contributed by atoms with E-state index >= 15 is 0 Å². The summed E-state index contributed by atoms with van der Waals surface area (Å²) in [5.41, 5.74) is 9.86. The van der Waals surface area contributed by atoms with Crippen LogP contribution in [0.2, 0.25) is 0 Å². The average Bonchev–Trinajstić information content (AvgIpc) is 3.12. The Bertz CT molecular complexity index is 1210. The lowest BCUT2D eigenvalue weighted by Crippen LogP contribution is -2.38. The van der Waals surface area contributed by atoms with Crippen molar-refractivity contribution in [1.82, 2.24) is 19.9 Å². The number of imide groups is 1. The van der Waals surface area contributed by atoms with Gasteiger partial charge >= 0.3 is 0 Å². The van der Waals surface area contributed by atoms with Crippen molar-refractivity contribution in [1.29, 1.82) is 0 Å². The molecule has 0 bridgehead atoms. The van der Waals surface area contributed by atoms with Gasteiger partial charge in [-0.05, 0) is 18.6 Å². The molecule has 1 unspecified atom stereocenters. The largest absolute Gasteiger partial charge is 0.395 e. The van der Waals surface area contributed by atoms with Crippen LogP contribution in [0.25, 0.3) is 22.6 Å². The maximum atomic E-state index is 12.9. The molecular formula is C22H23N7O3. The number of nitrogens with two attached hydrogens (primary N) is 1. The molecule has 32 heavy (non-hydrogen) atoms. The van der Waals surface area contributed by atoms with Gasteiger partial charge in [-0.15, -0.1) is 0 Å². The van der Waals surface area contributed by atoms with Gasteiger partial charge in [-0.25, -0.2) is 24.8 Å². The number of nitrogens with zero attached hydrogens (tertiary/aromatic N) is 6. The third-order valence-electron chi connectivity index (χ3n) is 5.96. The van der Waals surface area contributed by atoms with Crippen molar-refractivity contribution < 1.29 is 14.3 Å². The molecule has 0 radical (unpaired) electrons. The second-order valence-electron chi connectivity index (χ2n) is 7.83. The van der Waals surface area contributed by atoms with E-state index in [0.29, 0.717) is 72.3 Å². The van der Waals surface area contributed by atoms with Gasteiger partial charge in [0.1, 0.15) is 5.52 Å². The number of morpholine rings is 1. The maximum Gasteiger partial charge on any atom is 0.237 e. The number of carbonyl (C=O) groups excluding carboxylic acids is 2. The predicted molar refractivity (Wildman–Crippen MR) is 119 cm³/mol. The number of hydrogen-bond acceptors (Lipinski definition) is 9. The van der Waals surface area contributed by atoms with Crippen molar-refractivity contribution in [2.24, 2.45) is 5.92 Å². The lowest BCUT2D eigenvalue weighted by molar-refractivity contribution is -0.122. The predicted octanol–water partition coefficient (Wildman–Crippen LogP) is 1.80. The molecule has 3 aromatic rings. The van der Waals surface area contributed by atoms with Crippen molar-refractivity contribution >= 4 is 40.0 Å². The highest BCUT2D eigenvalue weighted by Crippen LogP contribution is 2.43. The van der Waals surface area contributed by atoms with Crippen LogP contribution in [0.5, 0.6) is 0 Å². The molecule has 2 aliphatic heterocycles. The van der Waals surface area contributed by atoms with E-state index in [-0.39, 0.29) is 24.2 Å². The molecule has 4 heterocycles. The van der Waals surface area contributed by atoms with E-state index in [2.05, 4.69) is 24.8 Å². The molecule has 5 rings (SSSR count). The number of nitrogen functional groups attached to an aromatic ring is 1. The normalized spacial score (nSPS) is 19.2. The van der Waals surface area contributed by atoms with Crippen LogP contribution < -0.4 is 15.5 Å². The zero-order valence-corrected chi connectivity index (χ0v) is 17.7. The fourth-order valence-corrected chi connectivity index (χ4v) is 4.27. The van der Waals surface area contributed by atoms with Crippen LogP contribution >= 0.6 is 0 Å². The highest BCUT2D eigenvalue weighted by molar-refractivity contribution is 6.23. The number of carbonyl (C=O) groups is 2. The van der Waals surface area contributed by atoms with Crippen LogP contribution in [-0.2, 0) is 14.3 Å². The summed E-state index contributed by atoms with van der Waals surface area (Å²) < 4.78 is 5.51. The second-order valence-corrected chi connectivity index (χ2v) is 7.83. The number of aromatic nitrogens is 4. The van der Waals surface area contributed by atoms with Crippen LogP contribution in [0.4, 0.5) is 17.1 Å². The van der Waals surface area contributed by atoms with Crippen LogP contribution in [0.1, 0.15) is 19.8 Å². The number of fused-ring (bicyclic) bond motifs is 1. The Kier molecular flexibility index (Phi) is 5.14. The first-order valence-electron chi connectivity index (χ1n) is 10.6. The molecule has 2 fully saturated rings. The number of anilines is 3. The summed E-state index contributed by atoms with van der Waals surface area (Å²) in [6, 6.07) is 3.51. The third kappa shape index (κ3) is 3.32. The second kappa shape index (κ2) is 8.12. The molecule has 2 saturated heterocycles. The fourth-order valence-electron chi connectivity index (χ4n) is 4.27. The summed E-state index contributed by atoms with van der Waals surface area (Å²) in [6.45, 7) is 4.24. The quantitative estimate of drug-likeness (QED) is 0.484. The van der Waals surface area contributed by atoms with E-state index in [1.807, 2.05) is 13.0 Å². The van der Waals surface area contributed by atoms with Gasteiger partial charge < -0.3 is 15.4 Å². The summed E-state index contributed by atoms with van der Waals surface area (Å²) in [6.07, 6.45) is 5.60. The Labute approximate surface area is 184 Å². The Morgan fingerprint density at radius 2 is 1.91 bits per heavy atom. The summed E-state index contributed by atoms with van der Waals surface area (Å²) in [5, 5.41) is 0. The SMILES string of the molecule is CCC1CC(=O)N(c2ccc(-c3ncc4nccnc4n3)c(N3CCOCC3)c2N)C1=O. The van der Waals surface area contributed by atoms with E-state index in [0.717, 1.165) is 0 Å². The zero-order valence-electron chi connectivity index (χ0n) is 17.7. The van der Waals surface area contributed by atoms with E-state index in [9.17, 15) is 9.59 Å². The van der Waals surface area contributed by atoms with E-state index in [4.69, 9.17) is 10.5 Å². The maximum absolute atomic E-state index is 12.9. The van der Waals surface area contributed by atoms with Gasteiger partial charge in [0.15, 0.2) is 11.5 Å².